The lowest BCUT2D eigenvalue weighted by atomic mass is 10.0. The summed E-state index contributed by atoms with van der Waals surface area (Å²) in [7, 11) is 0. The van der Waals surface area contributed by atoms with E-state index in [2.05, 4.69) is 4.98 Å². The minimum Gasteiger partial charge on any atom is -0.462 e. The fraction of sp³-hybridized carbons (Fsp3) is 0.111. The van der Waals surface area contributed by atoms with Crippen molar-refractivity contribution in [2.24, 2.45) is 0 Å². The lowest BCUT2D eigenvalue weighted by Gasteiger charge is -2.09. The van der Waals surface area contributed by atoms with Crippen LogP contribution in [0.15, 0.2) is 48.5 Å². The van der Waals surface area contributed by atoms with Gasteiger partial charge < -0.3 is 10.2 Å². The van der Waals surface area contributed by atoms with Gasteiger partial charge in [0.25, 0.3) is 0 Å². The second kappa shape index (κ2) is 7.38. The number of rotatable bonds is 3. The van der Waals surface area contributed by atoms with E-state index < -0.39 is 5.97 Å². The molecule has 2 N–H and O–H groups in total. The summed E-state index contributed by atoms with van der Waals surface area (Å²) in [4.78, 5) is 16.1. The molecule has 0 spiro atoms. The van der Waals surface area contributed by atoms with Crippen molar-refractivity contribution >= 4 is 28.5 Å². The monoisotopic (exact) mass is 347 g/mol. The van der Waals surface area contributed by atoms with Crippen molar-refractivity contribution in [1.82, 2.24) is 4.98 Å². The minimum atomic E-state index is -0.403. The molecule has 24 heavy (non-hydrogen) atoms. The van der Waals surface area contributed by atoms with Gasteiger partial charge in [0, 0.05) is 5.39 Å². The van der Waals surface area contributed by atoms with Gasteiger partial charge in [0.2, 0.25) is 0 Å². The minimum absolute atomic E-state index is 0. The van der Waals surface area contributed by atoms with Crippen LogP contribution >= 0.6 is 11.6 Å². The van der Waals surface area contributed by atoms with E-state index in [1.165, 1.54) is 12.1 Å². The summed E-state index contributed by atoms with van der Waals surface area (Å²) in [6.45, 7) is 2.06. The number of fused-ring (bicyclic) bond motifs is 1. The molecule has 0 unspecified atom stereocenters. The number of benzene rings is 2. The van der Waals surface area contributed by atoms with Crippen LogP contribution < -0.4 is 0 Å². The van der Waals surface area contributed by atoms with E-state index in [-0.39, 0.29) is 11.3 Å². The molecule has 2 aromatic carbocycles. The zero-order chi connectivity index (χ0) is 16.4. The lowest BCUT2D eigenvalue weighted by molar-refractivity contribution is 0.0526. The van der Waals surface area contributed by atoms with E-state index in [1.54, 1.807) is 43.3 Å². The Kier molecular flexibility index (Phi) is 5.49. The first-order valence-electron chi connectivity index (χ1n) is 7.12. The number of halogens is 2. The molecule has 0 saturated carbocycles. The van der Waals surface area contributed by atoms with E-state index in [4.69, 9.17) is 16.3 Å². The van der Waals surface area contributed by atoms with Gasteiger partial charge in [0.1, 0.15) is 11.0 Å². The predicted octanol–water partition coefficient (Wildman–Crippen LogP) is 4.05. The predicted molar refractivity (Wildman–Crippen MR) is 91.7 cm³/mol. The van der Waals surface area contributed by atoms with Crippen molar-refractivity contribution in [3.05, 3.63) is 65.1 Å². The average Bonchev–Trinajstić information content (AvgIpc) is 2.54. The number of hydrogen-bond acceptors (Lipinski definition) is 3. The van der Waals surface area contributed by atoms with Gasteiger partial charge in [-0.3, -0.25) is 0 Å². The number of carbonyl (C=O) groups excluding carboxylic acids is 1. The highest BCUT2D eigenvalue weighted by molar-refractivity contribution is 6.30. The number of carbonyl (C=O) groups is 1. The van der Waals surface area contributed by atoms with Crippen LogP contribution in [-0.2, 0) is 4.74 Å². The van der Waals surface area contributed by atoms with Gasteiger partial charge >= 0.3 is 5.97 Å². The molecule has 0 aliphatic heterocycles. The van der Waals surface area contributed by atoms with Gasteiger partial charge in [0.05, 0.1) is 17.7 Å². The first-order chi connectivity index (χ1) is 11.1. The molecule has 0 amide bonds. The van der Waals surface area contributed by atoms with Crippen LogP contribution in [0, 0.1) is 5.82 Å². The maximum absolute atomic E-state index is 13.1. The summed E-state index contributed by atoms with van der Waals surface area (Å²) in [5.41, 5.74) is 2.65. The Morgan fingerprint density at radius 1 is 1.17 bits per heavy atom. The van der Waals surface area contributed by atoms with Crippen molar-refractivity contribution in [2.75, 3.05) is 6.61 Å². The van der Waals surface area contributed by atoms with Gasteiger partial charge in [0.15, 0.2) is 0 Å². The molecule has 1 heterocycles. The van der Waals surface area contributed by atoms with Crippen LogP contribution in [0.5, 0.6) is 0 Å². The Morgan fingerprint density at radius 3 is 2.54 bits per heavy atom. The Hall–Kier alpha value is -2.50. The first kappa shape index (κ1) is 17.8. The number of esters is 1. The van der Waals surface area contributed by atoms with Crippen molar-refractivity contribution in [2.45, 2.75) is 6.92 Å². The van der Waals surface area contributed by atoms with Gasteiger partial charge in [-0.2, -0.15) is 0 Å². The molecule has 4 nitrogen and oxygen atoms in total. The highest BCUT2D eigenvalue weighted by Gasteiger charge is 2.12. The Bertz CT molecular complexity index is 881. The molecule has 0 bridgehead atoms. The van der Waals surface area contributed by atoms with Gasteiger partial charge in [-0.25, -0.2) is 14.2 Å². The summed E-state index contributed by atoms with van der Waals surface area (Å²) in [6, 6.07) is 13.0. The van der Waals surface area contributed by atoms with E-state index in [0.717, 1.165) is 16.5 Å². The summed E-state index contributed by atoms with van der Waals surface area (Å²) in [5, 5.41) is 1.13. The second-order valence-electron chi connectivity index (χ2n) is 4.95. The fourth-order valence-electron chi connectivity index (χ4n) is 2.41. The highest BCUT2D eigenvalue weighted by Crippen LogP contribution is 2.31. The average molecular weight is 348 g/mol. The quantitative estimate of drug-likeness (QED) is 0.530. The fourth-order valence-corrected chi connectivity index (χ4v) is 2.61. The first-order valence-corrected chi connectivity index (χ1v) is 7.49. The smallest absolute Gasteiger partial charge is 0.338 e. The Labute approximate surface area is 143 Å². The van der Waals surface area contributed by atoms with Crippen molar-refractivity contribution in [3.8, 4) is 11.1 Å². The topological polar surface area (TPSA) is 70.7 Å². The molecule has 0 atom stereocenters. The van der Waals surface area contributed by atoms with E-state index in [9.17, 15) is 9.18 Å². The van der Waals surface area contributed by atoms with Gasteiger partial charge in [-0.15, -0.1) is 0 Å². The van der Waals surface area contributed by atoms with Crippen molar-refractivity contribution in [1.29, 1.82) is 0 Å². The van der Waals surface area contributed by atoms with E-state index >= 15 is 0 Å². The summed E-state index contributed by atoms with van der Waals surface area (Å²) >= 11 is 6.10. The molecule has 0 saturated heterocycles. The normalized spacial score (nSPS) is 10.3. The number of ether oxygens (including phenoxy) is 1. The van der Waals surface area contributed by atoms with Gasteiger partial charge in [-0.1, -0.05) is 29.8 Å². The van der Waals surface area contributed by atoms with Crippen molar-refractivity contribution in [3.63, 3.8) is 0 Å². The third kappa shape index (κ3) is 3.53. The zero-order valence-corrected chi connectivity index (χ0v) is 13.6. The Balaban J connectivity index is 0.00000208. The van der Waals surface area contributed by atoms with E-state index in [1.807, 2.05) is 0 Å². The molecule has 124 valence electrons. The largest absolute Gasteiger partial charge is 0.462 e. The molecule has 6 heteroatoms. The second-order valence-corrected chi connectivity index (χ2v) is 5.34. The molecule has 0 aliphatic carbocycles. The number of nitrogens with zero attached hydrogens (tertiary/aromatic N) is 1. The van der Waals surface area contributed by atoms with Crippen LogP contribution in [0.1, 0.15) is 17.3 Å². The summed E-state index contributed by atoms with van der Waals surface area (Å²) in [6.07, 6.45) is 0. The van der Waals surface area contributed by atoms with Crippen LogP contribution in [-0.4, -0.2) is 23.0 Å². The molecular weight excluding hydrogens is 333 g/mol. The van der Waals surface area contributed by atoms with E-state index in [0.29, 0.717) is 22.8 Å². The summed E-state index contributed by atoms with van der Waals surface area (Å²) in [5.74, 6) is -0.706. The number of pyridine rings is 1. The zero-order valence-electron chi connectivity index (χ0n) is 12.8. The molecule has 3 rings (SSSR count). The third-order valence-corrected chi connectivity index (χ3v) is 3.64. The van der Waals surface area contributed by atoms with Crippen LogP contribution in [0.4, 0.5) is 4.39 Å². The molecule has 1 aromatic heterocycles. The SMILES string of the molecule is CCOC(=O)c1ccc2c(-c3ccc(F)cc3)cc(Cl)nc2c1.O. The Morgan fingerprint density at radius 2 is 1.88 bits per heavy atom. The highest BCUT2D eigenvalue weighted by atomic mass is 35.5. The maximum atomic E-state index is 13.1. The third-order valence-electron chi connectivity index (χ3n) is 3.44. The number of aromatic nitrogens is 1. The van der Waals surface area contributed by atoms with Crippen molar-refractivity contribution < 1.29 is 19.4 Å². The molecular formula is C18H15ClFNO3. The van der Waals surface area contributed by atoms with Gasteiger partial charge in [-0.05, 0) is 48.4 Å². The number of hydrogen-bond donors (Lipinski definition) is 0. The molecule has 0 radical (unpaired) electrons. The molecule has 0 fully saturated rings. The maximum Gasteiger partial charge on any atom is 0.338 e. The van der Waals surface area contributed by atoms with Crippen LogP contribution in [0.2, 0.25) is 5.15 Å². The van der Waals surface area contributed by atoms with Crippen LogP contribution in [0.3, 0.4) is 0 Å². The summed E-state index contributed by atoms with van der Waals surface area (Å²) < 4.78 is 18.1. The van der Waals surface area contributed by atoms with Crippen LogP contribution in [0.25, 0.3) is 22.0 Å². The lowest BCUT2D eigenvalue weighted by Crippen LogP contribution is -2.04. The molecule has 3 aromatic rings. The standard InChI is InChI=1S/C18H13ClFNO2.H2O/c1-2-23-18(22)12-5-8-14-15(10-17(19)21-16(14)9-12)11-3-6-13(20)7-4-11;/h3-10H,2H2,1H3;1H2. The molecule has 0 aliphatic rings.